The average Bonchev–Trinajstić information content (AvgIpc) is 2.77. The van der Waals surface area contributed by atoms with Crippen molar-refractivity contribution in [2.75, 3.05) is 6.54 Å². The summed E-state index contributed by atoms with van der Waals surface area (Å²) in [5, 5.41) is 17.6. The fourth-order valence-corrected chi connectivity index (χ4v) is 4.82. The number of nitrogens with one attached hydrogen (secondary N) is 2. The van der Waals surface area contributed by atoms with Crippen LogP contribution in [0.1, 0.15) is 75.5 Å². The Bertz CT molecular complexity index is 893. The van der Waals surface area contributed by atoms with Crippen molar-refractivity contribution in [2.45, 2.75) is 82.9 Å². The Labute approximate surface area is 191 Å². The second kappa shape index (κ2) is 11.1. The molecule has 1 aliphatic carbocycles. The lowest BCUT2D eigenvalue weighted by atomic mass is 9.75. The lowest BCUT2D eigenvalue weighted by Crippen LogP contribution is -2.53. The van der Waals surface area contributed by atoms with Crippen molar-refractivity contribution in [3.05, 3.63) is 71.0 Å². The summed E-state index contributed by atoms with van der Waals surface area (Å²) in [6.45, 7) is 6.20. The number of rotatable bonds is 9. The highest BCUT2D eigenvalue weighted by Crippen LogP contribution is 2.38. The first-order chi connectivity index (χ1) is 15.3. The summed E-state index contributed by atoms with van der Waals surface area (Å²) in [5.41, 5.74) is 3.16. The number of carbonyl (C=O) groups excluding carboxylic acids is 1. The Kier molecular flexibility index (Phi) is 8.44. The van der Waals surface area contributed by atoms with Crippen LogP contribution >= 0.6 is 0 Å². The van der Waals surface area contributed by atoms with Gasteiger partial charge < -0.3 is 15.7 Å². The first-order valence-corrected chi connectivity index (χ1v) is 11.8. The predicted molar refractivity (Wildman–Crippen MR) is 127 cm³/mol. The van der Waals surface area contributed by atoms with E-state index < -0.39 is 12.1 Å². The van der Waals surface area contributed by atoms with Crippen LogP contribution in [0.5, 0.6) is 0 Å². The van der Waals surface area contributed by atoms with Crippen molar-refractivity contribution in [2.24, 2.45) is 0 Å². The maximum absolute atomic E-state index is 13.6. The molecule has 0 spiro atoms. The summed E-state index contributed by atoms with van der Waals surface area (Å²) in [5.74, 6) is -0.0676. The van der Waals surface area contributed by atoms with E-state index in [0.29, 0.717) is 18.9 Å². The van der Waals surface area contributed by atoms with Gasteiger partial charge in [-0.2, -0.15) is 0 Å². The van der Waals surface area contributed by atoms with Crippen molar-refractivity contribution in [3.63, 3.8) is 0 Å². The minimum atomic E-state index is -0.797. The number of hydrogen-bond acceptors (Lipinski definition) is 3. The van der Waals surface area contributed by atoms with Crippen LogP contribution in [0.2, 0.25) is 0 Å². The van der Waals surface area contributed by atoms with Gasteiger partial charge in [0.05, 0.1) is 12.1 Å². The molecule has 0 unspecified atom stereocenters. The van der Waals surface area contributed by atoms with Gasteiger partial charge in [-0.05, 0) is 54.0 Å². The Morgan fingerprint density at radius 2 is 1.81 bits per heavy atom. The van der Waals surface area contributed by atoms with Gasteiger partial charge in [0.25, 0.3) is 0 Å². The standard InChI is InChI=1S/C27H37FN2O2/c1-19(2)22-10-8-11-23(17-22)27(13-5-4-6-14-27)29-18-26(32)25(30-20(3)31)16-21-9-7-12-24(28)15-21/h7-12,15,17,19,25-26,29,32H,4-6,13-14,16,18H2,1-3H3,(H,30,31)/t25-,26+/m0/s1. The van der Waals surface area contributed by atoms with Crippen molar-refractivity contribution in [3.8, 4) is 0 Å². The van der Waals surface area contributed by atoms with E-state index in [4.69, 9.17) is 0 Å². The molecule has 1 aliphatic rings. The highest BCUT2D eigenvalue weighted by atomic mass is 19.1. The normalized spacial score (nSPS) is 17.7. The van der Waals surface area contributed by atoms with E-state index in [0.717, 1.165) is 31.2 Å². The van der Waals surface area contributed by atoms with E-state index in [-0.39, 0.29) is 17.3 Å². The minimum Gasteiger partial charge on any atom is -0.390 e. The molecule has 32 heavy (non-hydrogen) atoms. The molecule has 3 rings (SSSR count). The Balaban J connectivity index is 1.77. The zero-order valence-electron chi connectivity index (χ0n) is 19.5. The maximum Gasteiger partial charge on any atom is 0.217 e. The molecule has 0 aliphatic heterocycles. The number of halogens is 1. The number of amides is 1. The Hall–Kier alpha value is -2.24. The SMILES string of the molecule is CC(=O)N[C@@H](Cc1cccc(F)c1)[C@H](O)CNC1(c2cccc(C(C)C)c2)CCCCC1. The quantitative estimate of drug-likeness (QED) is 0.525. The van der Waals surface area contributed by atoms with Crippen LogP contribution in [0.3, 0.4) is 0 Å². The molecule has 1 saturated carbocycles. The van der Waals surface area contributed by atoms with Crippen LogP contribution in [-0.4, -0.2) is 29.7 Å². The van der Waals surface area contributed by atoms with E-state index in [1.54, 1.807) is 6.07 Å². The van der Waals surface area contributed by atoms with Crippen LogP contribution in [0.25, 0.3) is 0 Å². The van der Waals surface area contributed by atoms with Gasteiger partial charge in [-0.1, -0.05) is 69.5 Å². The largest absolute Gasteiger partial charge is 0.390 e. The fraction of sp³-hybridized carbons (Fsp3) is 0.519. The van der Waals surface area contributed by atoms with Gasteiger partial charge >= 0.3 is 0 Å². The molecular weight excluding hydrogens is 403 g/mol. The smallest absolute Gasteiger partial charge is 0.217 e. The topological polar surface area (TPSA) is 61.4 Å². The predicted octanol–water partition coefficient (Wildman–Crippen LogP) is 4.81. The molecule has 0 heterocycles. The van der Waals surface area contributed by atoms with E-state index in [2.05, 4.69) is 48.7 Å². The summed E-state index contributed by atoms with van der Waals surface area (Å²) < 4.78 is 13.6. The molecule has 0 bridgehead atoms. The van der Waals surface area contributed by atoms with E-state index >= 15 is 0 Å². The molecule has 0 saturated heterocycles. The Morgan fingerprint density at radius 1 is 1.09 bits per heavy atom. The molecule has 4 nitrogen and oxygen atoms in total. The summed E-state index contributed by atoms with van der Waals surface area (Å²) in [6.07, 6.45) is 5.14. The molecule has 3 N–H and O–H groups in total. The Morgan fingerprint density at radius 3 is 2.47 bits per heavy atom. The molecular formula is C27H37FN2O2. The van der Waals surface area contributed by atoms with Crippen LogP contribution in [0.15, 0.2) is 48.5 Å². The molecule has 1 amide bonds. The number of hydrogen-bond donors (Lipinski definition) is 3. The van der Waals surface area contributed by atoms with Crippen molar-refractivity contribution >= 4 is 5.91 Å². The van der Waals surface area contributed by atoms with Crippen molar-refractivity contribution < 1.29 is 14.3 Å². The van der Waals surface area contributed by atoms with E-state index in [9.17, 15) is 14.3 Å². The maximum atomic E-state index is 13.6. The molecule has 2 atom stereocenters. The zero-order chi connectivity index (χ0) is 23.1. The highest BCUT2D eigenvalue weighted by Gasteiger charge is 2.35. The molecule has 1 fully saturated rings. The zero-order valence-corrected chi connectivity index (χ0v) is 19.5. The van der Waals surface area contributed by atoms with E-state index in [1.807, 2.05) is 6.07 Å². The van der Waals surface area contributed by atoms with Gasteiger partial charge in [-0.3, -0.25) is 4.79 Å². The van der Waals surface area contributed by atoms with Gasteiger partial charge in [0.15, 0.2) is 0 Å². The number of carbonyl (C=O) groups is 1. The lowest BCUT2D eigenvalue weighted by molar-refractivity contribution is -0.120. The van der Waals surface area contributed by atoms with Gasteiger partial charge in [0.2, 0.25) is 5.91 Å². The molecule has 5 heteroatoms. The number of benzene rings is 2. The van der Waals surface area contributed by atoms with Crippen molar-refractivity contribution in [1.82, 2.24) is 10.6 Å². The van der Waals surface area contributed by atoms with Crippen LogP contribution in [0.4, 0.5) is 4.39 Å². The van der Waals surface area contributed by atoms with Crippen molar-refractivity contribution in [1.29, 1.82) is 0 Å². The second-order valence-electron chi connectivity index (χ2n) is 9.51. The molecule has 174 valence electrons. The van der Waals surface area contributed by atoms with Gasteiger partial charge in [-0.25, -0.2) is 4.39 Å². The first kappa shape index (κ1) is 24.4. The van der Waals surface area contributed by atoms with Gasteiger partial charge in [0, 0.05) is 19.0 Å². The molecule has 0 aromatic heterocycles. The third-order valence-corrected chi connectivity index (χ3v) is 6.66. The van der Waals surface area contributed by atoms with Gasteiger partial charge in [-0.15, -0.1) is 0 Å². The molecule has 0 radical (unpaired) electrons. The highest BCUT2D eigenvalue weighted by molar-refractivity contribution is 5.73. The van der Waals surface area contributed by atoms with Gasteiger partial charge in [0.1, 0.15) is 5.82 Å². The lowest BCUT2D eigenvalue weighted by Gasteiger charge is -2.40. The monoisotopic (exact) mass is 440 g/mol. The summed E-state index contributed by atoms with van der Waals surface area (Å²) >= 11 is 0. The summed E-state index contributed by atoms with van der Waals surface area (Å²) in [4.78, 5) is 11.8. The minimum absolute atomic E-state index is 0.177. The van der Waals surface area contributed by atoms with E-state index in [1.165, 1.54) is 36.6 Å². The third kappa shape index (κ3) is 6.39. The van der Waals surface area contributed by atoms with Crippen LogP contribution < -0.4 is 10.6 Å². The number of aliphatic hydroxyl groups is 1. The third-order valence-electron chi connectivity index (χ3n) is 6.66. The molecule has 2 aromatic rings. The van der Waals surface area contributed by atoms with Crippen LogP contribution in [-0.2, 0) is 16.8 Å². The fourth-order valence-electron chi connectivity index (χ4n) is 4.82. The summed E-state index contributed by atoms with van der Waals surface area (Å²) in [6, 6.07) is 14.6. The number of aliphatic hydroxyl groups excluding tert-OH is 1. The summed E-state index contributed by atoms with van der Waals surface area (Å²) in [7, 11) is 0. The van der Waals surface area contributed by atoms with Crippen LogP contribution in [0, 0.1) is 5.82 Å². The second-order valence-corrected chi connectivity index (χ2v) is 9.51. The average molecular weight is 441 g/mol. The molecule has 2 aromatic carbocycles. The first-order valence-electron chi connectivity index (χ1n) is 11.8.